The van der Waals surface area contributed by atoms with Gasteiger partial charge in [0.15, 0.2) is 0 Å². The molecule has 0 radical (unpaired) electrons. The normalized spacial score (nSPS) is 23.3. The van der Waals surface area contributed by atoms with Crippen LogP contribution in [0.2, 0.25) is 0 Å². The van der Waals surface area contributed by atoms with Gasteiger partial charge in [0.05, 0.1) is 17.8 Å². The molecule has 2 atom stereocenters. The summed E-state index contributed by atoms with van der Waals surface area (Å²) in [5.41, 5.74) is 1.94. The second-order valence-corrected chi connectivity index (χ2v) is 6.07. The van der Waals surface area contributed by atoms with E-state index >= 15 is 0 Å². The summed E-state index contributed by atoms with van der Waals surface area (Å²) in [6.07, 6.45) is 1.73. The molecule has 1 fully saturated rings. The van der Waals surface area contributed by atoms with E-state index in [0.717, 1.165) is 29.7 Å². The Hall–Kier alpha value is -1.06. The number of hydrogen-bond acceptors (Lipinski definition) is 3. The Morgan fingerprint density at radius 3 is 2.79 bits per heavy atom. The summed E-state index contributed by atoms with van der Waals surface area (Å²) in [6.45, 7) is 8.54. The standard InChI is InChI=1S/C16H24O3/c1-11-5-6-15(14(9-11)12(2)17)18-10-13-7-8-16(3,4)19-13/h5-6,9,12-13,17H,7-8,10H2,1-4H3/t12-,13?/m0/s1. The van der Waals surface area contributed by atoms with E-state index in [1.807, 2.05) is 25.1 Å². The molecular weight excluding hydrogens is 240 g/mol. The molecule has 3 heteroatoms. The quantitative estimate of drug-likeness (QED) is 0.906. The third kappa shape index (κ3) is 3.71. The zero-order valence-corrected chi connectivity index (χ0v) is 12.3. The molecule has 0 spiro atoms. The van der Waals surface area contributed by atoms with E-state index in [0.29, 0.717) is 6.61 Å². The Morgan fingerprint density at radius 2 is 2.21 bits per heavy atom. The SMILES string of the molecule is Cc1ccc(OCC2CCC(C)(C)O2)c([C@H](C)O)c1. The molecule has 19 heavy (non-hydrogen) atoms. The van der Waals surface area contributed by atoms with Crippen LogP contribution in [0, 0.1) is 6.92 Å². The fourth-order valence-corrected chi connectivity index (χ4v) is 2.50. The molecule has 0 amide bonds. The van der Waals surface area contributed by atoms with Gasteiger partial charge in [-0.05, 0) is 52.7 Å². The first-order valence-electron chi connectivity index (χ1n) is 6.96. The molecule has 1 unspecified atom stereocenters. The lowest BCUT2D eigenvalue weighted by Crippen LogP contribution is -2.24. The molecule has 0 saturated carbocycles. The van der Waals surface area contributed by atoms with Gasteiger partial charge in [0.25, 0.3) is 0 Å². The molecule has 1 aliphatic rings. The molecule has 1 aliphatic heterocycles. The molecule has 3 nitrogen and oxygen atoms in total. The van der Waals surface area contributed by atoms with Gasteiger partial charge in [-0.2, -0.15) is 0 Å². The number of aryl methyl sites for hydroxylation is 1. The van der Waals surface area contributed by atoms with Gasteiger partial charge < -0.3 is 14.6 Å². The van der Waals surface area contributed by atoms with Crippen molar-refractivity contribution in [2.24, 2.45) is 0 Å². The Kier molecular flexibility index (Phi) is 4.16. The van der Waals surface area contributed by atoms with Gasteiger partial charge in [0.2, 0.25) is 0 Å². The van der Waals surface area contributed by atoms with Crippen molar-refractivity contribution >= 4 is 0 Å². The predicted octanol–water partition coefficient (Wildman–Crippen LogP) is 3.38. The molecule has 1 N–H and O–H groups in total. The molecule has 1 aromatic carbocycles. The fraction of sp³-hybridized carbons (Fsp3) is 0.625. The minimum Gasteiger partial charge on any atom is -0.490 e. The van der Waals surface area contributed by atoms with Gasteiger partial charge in [0.1, 0.15) is 12.4 Å². The minimum atomic E-state index is -0.518. The minimum absolute atomic E-state index is 0.0333. The van der Waals surface area contributed by atoms with E-state index in [1.165, 1.54) is 0 Å². The van der Waals surface area contributed by atoms with Crippen molar-refractivity contribution in [1.82, 2.24) is 0 Å². The maximum atomic E-state index is 9.79. The Bertz CT molecular complexity index is 438. The lowest BCUT2D eigenvalue weighted by atomic mass is 10.1. The van der Waals surface area contributed by atoms with Crippen molar-refractivity contribution in [3.8, 4) is 5.75 Å². The van der Waals surface area contributed by atoms with Gasteiger partial charge >= 0.3 is 0 Å². The first-order valence-corrected chi connectivity index (χ1v) is 6.96. The number of rotatable bonds is 4. The van der Waals surface area contributed by atoms with E-state index in [-0.39, 0.29) is 11.7 Å². The third-order valence-electron chi connectivity index (χ3n) is 3.59. The van der Waals surface area contributed by atoms with Crippen molar-refractivity contribution in [2.75, 3.05) is 6.61 Å². The number of hydrogen-bond donors (Lipinski definition) is 1. The first-order chi connectivity index (χ1) is 8.87. The van der Waals surface area contributed by atoms with Crippen molar-refractivity contribution < 1.29 is 14.6 Å². The summed E-state index contributed by atoms with van der Waals surface area (Å²) >= 11 is 0. The predicted molar refractivity (Wildman–Crippen MR) is 75.5 cm³/mol. The first kappa shape index (κ1) is 14.4. The summed E-state index contributed by atoms with van der Waals surface area (Å²) < 4.78 is 11.8. The number of ether oxygens (including phenoxy) is 2. The van der Waals surface area contributed by atoms with Gasteiger partial charge in [-0.1, -0.05) is 11.6 Å². The van der Waals surface area contributed by atoms with Crippen LogP contribution in [0.4, 0.5) is 0 Å². The fourth-order valence-electron chi connectivity index (χ4n) is 2.50. The Balaban J connectivity index is 2.00. The highest BCUT2D eigenvalue weighted by atomic mass is 16.6. The van der Waals surface area contributed by atoms with Crippen molar-refractivity contribution in [3.05, 3.63) is 29.3 Å². The lowest BCUT2D eigenvalue weighted by molar-refractivity contribution is -0.0329. The van der Waals surface area contributed by atoms with E-state index in [4.69, 9.17) is 9.47 Å². The summed E-state index contributed by atoms with van der Waals surface area (Å²) in [5, 5.41) is 9.79. The van der Waals surface area contributed by atoms with Crippen LogP contribution in [0.15, 0.2) is 18.2 Å². The molecule has 2 rings (SSSR count). The molecular formula is C16H24O3. The second kappa shape index (κ2) is 5.51. The summed E-state index contributed by atoms with van der Waals surface area (Å²) in [5.74, 6) is 0.758. The number of aliphatic hydroxyl groups is 1. The van der Waals surface area contributed by atoms with Gasteiger partial charge in [-0.25, -0.2) is 0 Å². The molecule has 1 heterocycles. The van der Waals surface area contributed by atoms with Crippen LogP contribution < -0.4 is 4.74 Å². The number of benzene rings is 1. The highest BCUT2D eigenvalue weighted by Crippen LogP contribution is 2.31. The number of aliphatic hydroxyl groups excluding tert-OH is 1. The van der Waals surface area contributed by atoms with E-state index in [9.17, 15) is 5.11 Å². The molecule has 1 aromatic rings. The average molecular weight is 264 g/mol. The monoisotopic (exact) mass is 264 g/mol. The molecule has 0 bridgehead atoms. The largest absolute Gasteiger partial charge is 0.490 e. The van der Waals surface area contributed by atoms with Gasteiger partial charge in [-0.3, -0.25) is 0 Å². The van der Waals surface area contributed by atoms with Crippen molar-refractivity contribution in [2.45, 2.75) is 58.3 Å². The summed E-state index contributed by atoms with van der Waals surface area (Å²) in [4.78, 5) is 0. The average Bonchev–Trinajstić information content (AvgIpc) is 2.67. The van der Waals surface area contributed by atoms with E-state index < -0.39 is 6.10 Å². The zero-order chi connectivity index (χ0) is 14.0. The van der Waals surface area contributed by atoms with Crippen LogP contribution in [0.1, 0.15) is 50.8 Å². The van der Waals surface area contributed by atoms with E-state index in [1.54, 1.807) is 6.92 Å². The Labute approximate surface area is 115 Å². The second-order valence-electron chi connectivity index (χ2n) is 6.07. The van der Waals surface area contributed by atoms with Crippen LogP contribution in [0.25, 0.3) is 0 Å². The molecule has 0 aliphatic carbocycles. The molecule has 1 saturated heterocycles. The van der Waals surface area contributed by atoms with Crippen molar-refractivity contribution in [3.63, 3.8) is 0 Å². The van der Waals surface area contributed by atoms with Crippen LogP contribution in [0.3, 0.4) is 0 Å². The maximum Gasteiger partial charge on any atom is 0.125 e. The maximum absolute atomic E-state index is 9.79. The van der Waals surface area contributed by atoms with Crippen LogP contribution >= 0.6 is 0 Å². The smallest absolute Gasteiger partial charge is 0.125 e. The third-order valence-corrected chi connectivity index (χ3v) is 3.59. The topological polar surface area (TPSA) is 38.7 Å². The molecule has 106 valence electrons. The zero-order valence-electron chi connectivity index (χ0n) is 12.3. The lowest BCUT2D eigenvalue weighted by Gasteiger charge is -2.20. The highest BCUT2D eigenvalue weighted by molar-refractivity contribution is 5.38. The Morgan fingerprint density at radius 1 is 1.47 bits per heavy atom. The summed E-state index contributed by atoms with van der Waals surface area (Å²) in [7, 11) is 0. The van der Waals surface area contributed by atoms with Crippen LogP contribution in [-0.2, 0) is 4.74 Å². The van der Waals surface area contributed by atoms with E-state index in [2.05, 4.69) is 13.8 Å². The highest BCUT2D eigenvalue weighted by Gasteiger charge is 2.32. The van der Waals surface area contributed by atoms with Gasteiger partial charge in [-0.15, -0.1) is 0 Å². The van der Waals surface area contributed by atoms with Crippen LogP contribution in [-0.4, -0.2) is 23.4 Å². The van der Waals surface area contributed by atoms with Crippen molar-refractivity contribution in [1.29, 1.82) is 0 Å². The summed E-state index contributed by atoms with van der Waals surface area (Å²) in [6, 6.07) is 5.90. The molecule has 0 aromatic heterocycles. The van der Waals surface area contributed by atoms with Crippen LogP contribution in [0.5, 0.6) is 5.75 Å². The van der Waals surface area contributed by atoms with Gasteiger partial charge in [0, 0.05) is 5.56 Å².